The van der Waals surface area contributed by atoms with E-state index in [1.54, 1.807) is 9.80 Å². The smallest absolute Gasteiger partial charge is 0.249 e. The molecule has 0 bridgehead atoms. The number of hydrogen-bond donors (Lipinski definition) is 1. The van der Waals surface area contributed by atoms with Crippen molar-refractivity contribution >= 4 is 17.7 Å². The number of rotatable bonds is 5. The minimum absolute atomic E-state index is 0.0384. The Labute approximate surface area is 177 Å². The lowest BCUT2D eigenvalue weighted by atomic mass is 9.77. The largest absolute Gasteiger partial charge is 0.395 e. The number of carbonyl (C=O) groups excluding carboxylic acids is 3. The van der Waals surface area contributed by atoms with Crippen LogP contribution in [0.1, 0.15) is 27.2 Å². The maximum atomic E-state index is 13.6. The highest BCUT2D eigenvalue weighted by molar-refractivity contribution is 5.99. The Morgan fingerprint density at radius 1 is 1.13 bits per heavy atom. The maximum Gasteiger partial charge on any atom is 0.249 e. The van der Waals surface area contributed by atoms with Gasteiger partial charge in [0.25, 0.3) is 0 Å². The zero-order valence-corrected chi connectivity index (χ0v) is 17.9. The van der Waals surface area contributed by atoms with Crippen LogP contribution in [0.2, 0.25) is 0 Å². The first-order chi connectivity index (χ1) is 14.4. The van der Waals surface area contributed by atoms with Crippen molar-refractivity contribution in [2.75, 3.05) is 32.8 Å². The van der Waals surface area contributed by atoms with Gasteiger partial charge in [-0.05, 0) is 20.3 Å². The molecule has 3 amide bonds. The molecule has 1 spiro atoms. The van der Waals surface area contributed by atoms with E-state index in [4.69, 9.17) is 4.74 Å². The molecule has 0 aromatic rings. The molecule has 5 atom stereocenters. The molecular formula is C22H31N3O5. The van der Waals surface area contributed by atoms with E-state index in [0.717, 1.165) is 6.42 Å². The lowest BCUT2D eigenvalue weighted by Gasteiger charge is -2.36. The minimum Gasteiger partial charge on any atom is -0.395 e. The number of ether oxygens (including phenoxy) is 1. The van der Waals surface area contributed by atoms with Crippen LogP contribution in [0.15, 0.2) is 24.3 Å². The summed E-state index contributed by atoms with van der Waals surface area (Å²) in [6, 6.07) is -0.924. The van der Waals surface area contributed by atoms with Crippen LogP contribution in [0.25, 0.3) is 0 Å². The van der Waals surface area contributed by atoms with E-state index in [9.17, 15) is 19.5 Å². The van der Waals surface area contributed by atoms with Crippen LogP contribution in [0.5, 0.6) is 0 Å². The van der Waals surface area contributed by atoms with E-state index in [1.165, 1.54) is 4.90 Å². The first-order valence-corrected chi connectivity index (χ1v) is 10.9. The molecule has 4 rings (SSSR count). The summed E-state index contributed by atoms with van der Waals surface area (Å²) in [5.74, 6) is -2.03. The predicted octanol–water partition coefficient (Wildman–Crippen LogP) is 0.175. The molecule has 2 saturated heterocycles. The highest BCUT2D eigenvalue weighted by Gasteiger charge is 2.71. The third kappa shape index (κ3) is 2.92. The SMILES string of the molecule is CCCN1CC=C[C@@H]2O[C@]34C=CCN(C(C)C)C(=O)C3N(CCO)C(=O)[C@@H]4[C@@H]2C1=O. The summed E-state index contributed by atoms with van der Waals surface area (Å²) >= 11 is 0. The Balaban J connectivity index is 1.81. The Morgan fingerprint density at radius 3 is 2.57 bits per heavy atom. The zero-order valence-electron chi connectivity index (χ0n) is 17.9. The highest BCUT2D eigenvalue weighted by atomic mass is 16.5. The Hall–Kier alpha value is -2.19. The number of nitrogens with zero attached hydrogens (tertiary/aromatic N) is 3. The van der Waals surface area contributed by atoms with Crippen molar-refractivity contribution in [3.8, 4) is 0 Å². The first-order valence-electron chi connectivity index (χ1n) is 10.9. The van der Waals surface area contributed by atoms with Gasteiger partial charge in [0.05, 0.1) is 24.5 Å². The van der Waals surface area contributed by atoms with Crippen molar-refractivity contribution in [2.45, 2.75) is 51.0 Å². The monoisotopic (exact) mass is 417 g/mol. The molecule has 0 aliphatic carbocycles. The van der Waals surface area contributed by atoms with Crippen LogP contribution in [0.3, 0.4) is 0 Å². The second-order valence-electron chi connectivity index (χ2n) is 8.80. The summed E-state index contributed by atoms with van der Waals surface area (Å²) in [4.78, 5) is 45.5. The molecule has 8 heteroatoms. The summed E-state index contributed by atoms with van der Waals surface area (Å²) in [6.07, 6.45) is 7.78. The second-order valence-corrected chi connectivity index (χ2v) is 8.80. The third-order valence-electron chi connectivity index (χ3n) is 6.73. The zero-order chi connectivity index (χ0) is 21.6. The van der Waals surface area contributed by atoms with E-state index in [0.29, 0.717) is 19.6 Å². The number of fused-ring (bicyclic) bond motifs is 2. The van der Waals surface area contributed by atoms with Crippen LogP contribution in [0, 0.1) is 11.8 Å². The van der Waals surface area contributed by atoms with E-state index < -0.39 is 29.6 Å². The van der Waals surface area contributed by atoms with Crippen LogP contribution in [0.4, 0.5) is 0 Å². The van der Waals surface area contributed by atoms with Gasteiger partial charge in [-0.2, -0.15) is 0 Å². The summed E-state index contributed by atoms with van der Waals surface area (Å²) in [7, 11) is 0. The summed E-state index contributed by atoms with van der Waals surface area (Å²) in [6.45, 7) is 7.19. The van der Waals surface area contributed by atoms with Crippen LogP contribution in [-0.2, 0) is 19.1 Å². The van der Waals surface area contributed by atoms with Crippen LogP contribution >= 0.6 is 0 Å². The van der Waals surface area contributed by atoms with Gasteiger partial charge in [-0.3, -0.25) is 14.4 Å². The lowest BCUT2D eigenvalue weighted by molar-refractivity contribution is -0.149. The first kappa shape index (κ1) is 21.1. The molecule has 164 valence electrons. The fraction of sp³-hybridized carbons (Fsp3) is 0.682. The highest BCUT2D eigenvalue weighted by Crippen LogP contribution is 2.53. The van der Waals surface area contributed by atoms with Crippen molar-refractivity contribution in [3.05, 3.63) is 24.3 Å². The van der Waals surface area contributed by atoms with Crippen molar-refractivity contribution in [1.82, 2.24) is 14.7 Å². The van der Waals surface area contributed by atoms with Gasteiger partial charge in [0.2, 0.25) is 17.7 Å². The van der Waals surface area contributed by atoms with Gasteiger partial charge >= 0.3 is 0 Å². The average Bonchev–Trinajstić information content (AvgIpc) is 3.00. The molecule has 0 radical (unpaired) electrons. The Kier molecular flexibility index (Phi) is 5.48. The van der Waals surface area contributed by atoms with Gasteiger partial charge in [-0.1, -0.05) is 31.2 Å². The van der Waals surface area contributed by atoms with E-state index >= 15 is 0 Å². The molecule has 2 fully saturated rings. The van der Waals surface area contributed by atoms with Gasteiger partial charge < -0.3 is 24.5 Å². The number of carbonyl (C=O) groups is 3. The second kappa shape index (κ2) is 7.81. The van der Waals surface area contributed by atoms with E-state index in [-0.39, 0.29) is 36.9 Å². The minimum atomic E-state index is -1.20. The number of hydrogen-bond acceptors (Lipinski definition) is 5. The molecule has 4 heterocycles. The summed E-state index contributed by atoms with van der Waals surface area (Å²) in [5, 5.41) is 9.60. The molecule has 4 aliphatic heterocycles. The molecule has 1 N–H and O–H groups in total. The Bertz CT molecular complexity index is 794. The topological polar surface area (TPSA) is 90.4 Å². The van der Waals surface area contributed by atoms with E-state index in [2.05, 4.69) is 0 Å². The molecule has 4 aliphatic rings. The van der Waals surface area contributed by atoms with Gasteiger partial charge in [0, 0.05) is 32.2 Å². The van der Waals surface area contributed by atoms with E-state index in [1.807, 2.05) is 45.1 Å². The molecule has 1 unspecified atom stereocenters. The van der Waals surface area contributed by atoms with Crippen LogP contribution in [-0.4, -0.2) is 94.1 Å². The standard InChI is InChI=1S/C22H31N3O5/c1-4-9-23-10-5-7-15-16(19(23)27)17-20(28)25(12-13-26)18-21(29)24(14(2)3)11-6-8-22(17,18)30-15/h5-8,14-18,26H,4,9-13H2,1-3H3/t15-,16+,17-,18?,22-/m0/s1. The predicted molar refractivity (Wildman–Crippen MR) is 109 cm³/mol. The van der Waals surface area contributed by atoms with Gasteiger partial charge in [-0.15, -0.1) is 0 Å². The van der Waals surface area contributed by atoms with Crippen molar-refractivity contribution in [1.29, 1.82) is 0 Å². The van der Waals surface area contributed by atoms with Gasteiger partial charge in [0.15, 0.2) is 0 Å². The van der Waals surface area contributed by atoms with Crippen LogP contribution < -0.4 is 0 Å². The Morgan fingerprint density at radius 2 is 1.90 bits per heavy atom. The van der Waals surface area contributed by atoms with Gasteiger partial charge in [0.1, 0.15) is 11.6 Å². The summed E-state index contributed by atoms with van der Waals surface area (Å²) in [5.41, 5.74) is -1.20. The molecule has 0 aromatic heterocycles. The fourth-order valence-electron chi connectivity index (χ4n) is 5.49. The molecule has 0 saturated carbocycles. The van der Waals surface area contributed by atoms with Gasteiger partial charge in [-0.25, -0.2) is 0 Å². The number of β-amino-alcohol motifs (C(OH)–C–C–N with tert-alkyl or cyclic N) is 1. The number of amides is 3. The van der Waals surface area contributed by atoms with Crippen molar-refractivity contribution in [3.63, 3.8) is 0 Å². The molecule has 8 nitrogen and oxygen atoms in total. The number of likely N-dealkylation sites (tertiary alicyclic amines) is 1. The normalized spacial score (nSPS) is 35.6. The number of aliphatic hydroxyl groups is 1. The third-order valence-corrected chi connectivity index (χ3v) is 6.73. The average molecular weight is 418 g/mol. The lowest BCUT2D eigenvalue weighted by Crippen LogP contribution is -2.56. The molecular weight excluding hydrogens is 386 g/mol. The molecule has 30 heavy (non-hydrogen) atoms. The van der Waals surface area contributed by atoms with Crippen molar-refractivity contribution in [2.24, 2.45) is 11.8 Å². The van der Waals surface area contributed by atoms with Crippen molar-refractivity contribution < 1.29 is 24.2 Å². The molecule has 0 aromatic carbocycles. The summed E-state index contributed by atoms with van der Waals surface area (Å²) < 4.78 is 6.47. The number of aliphatic hydroxyl groups excluding tert-OH is 1. The quantitative estimate of drug-likeness (QED) is 0.645. The fourth-order valence-corrected chi connectivity index (χ4v) is 5.49. The maximum absolute atomic E-state index is 13.6.